The summed E-state index contributed by atoms with van der Waals surface area (Å²) in [5.74, 6) is -1.39. The molecule has 3 aromatic rings. The minimum atomic E-state index is -4.16. The Kier molecular flexibility index (Phi) is 9.66. The van der Waals surface area contributed by atoms with Crippen LogP contribution in [-0.2, 0) is 26.2 Å². The molecule has 7 nitrogen and oxygen atoms in total. The van der Waals surface area contributed by atoms with Crippen LogP contribution in [0.1, 0.15) is 25.8 Å². The molecule has 0 unspecified atom stereocenters. The molecule has 196 valence electrons. The summed E-state index contributed by atoms with van der Waals surface area (Å²) in [6, 6.07) is 18.6. The number of carbonyl (C=O) groups is 2. The van der Waals surface area contributed by atoms with Gasteiger partial charge in [-0.2, -0.15) is 0 Å². The SMILES string of the molecule is CCCNC(=O)[C@H](C)N(Cc1ccc(F)cc1)C(=O)CN(c1ccccc1)S(=O)(=O)c1ccc(Cl)cc1. The molecule has 1 N–H and O–H groups in total. The van der Waals surface area contributed by atoms with Gasteiger partial charge in [0.1, 0.15) is 18.4 Å². The molecule has 37 heavy (non-hydrogen) atoms. The van der Waals surface area contributed by atoms with Crippen molar-refractivity contribution in [2.24, 2.45) is 0 Å². The second kappa shape index (κ2) is 12.7. The maximum atomic E-state index is 13.7. The first-order valence-corrected chi connectivity index (χ1v) is 13.6. The second-order valence-electron chi connectivity index (χ2n) is 8.42. The number of halogens is 2. The van der Waals surface area contributed by atoms with Crippen molar-refractivity contribution < 1.29 is 22.4 Å². The minimum Gasteiger partial charge on any atom is -0.354 e. The standard InChI is InChI=1S/C27H29ClFN3O4S/c1-3-17-30-27(34)20(2)31(18-21-9-13-23(29)14-10-21)26(33)19-32(24-7-5-4-6-8-24)37(35,36)25-15-11-22(28)12-16-25/h4-16,20H,3,17-19H2,1-2H3,(H,30,34)/t20-/m0/s1. The van der Waals surface area contributed by atoms with Crippen LogP contribution in [0.4, 0.5) is 10.1 Å². The number of rotatable bonds is 11. The monoisotopic (exact) mass is 545 g/mol. The molecule has 3 rings (SSSR count). The lowest BCUT2D eigenvalue weighted by molar-refractivity contribution is -0.139. The molecule has 0 bridgehead atoms. The van der Waals surface area contributed by atoms with Crippen molar-refractivity contribution in [3.05, 3.63) is 95.3 Å². The largest absolute Gasteiger partial charge is 0.354 e. The van der Waals surface area contributed by atoms with E-state index in [0.717, 1.165) is 4.31 Å². The normalized spacial score (nSPS) is 12.0. The maximum Gasteiger partial charge on any atom is 0.264 e. The third-order valence-electron chi connectivity index (χ3n) is 5.71. The Hall–Kier alpha value is -3.43. The fourth-order valence-corrected chi connectivity index (χ4v) is 5.16. The number of nitrogens with one attached hydrogen (secondary N) is 1. The molecule has 0 aliphatic heterocycles. The van der Waals surface area contributed by atoms with E-state index >= 15 is 0 Å². The maximum absolute atomic E-state index is 13.7. The lowest BCUT2D eigenvalue weighted by Gasteiger charge is -2.32. The summed E-state index contributed by atoms with van der Waals surface area (Å²) in [5.41, 5.74) is 0.882. The third kappa shape index (κ3) is 7.30. The number of para-hydroxylation sites is 1. The summed E-state index contributed by atoms with van der Waals surface area (Å²) in [6.45, 7) is 3.35. The van der Waals surface area contributed by atoms with Crippen molar-refractivity contribution in [1.29, 1.82) is 0 Å². The molecule has 0 saturated heterocycles. The van der Waals surface area contributed by atoms with Crippen LogP contribution in [0.15, 0.2) is 83.8 Å². The van der Waals surface area contributed by atoms with Gasteiger partial charge >= 0.3 is 0 Å². The molecule has 1 atom stereocenters. The summed E-state index contributed by atoms with van der Waals surface area (Å²) in [7, 11) is -4.16. The van der Waals surface area contributed by atoms with Gasteiger partial charge in [0.2, 0.25) is 11.8 Å². The van der Waals surface area contributed by atoms with Gasteiger partial charge in [0.05, 0.1) is 10.6 Å². The quantitative estimate of drug-likeness (QED) is 0.381. The average molecular weight is 546 g/mol. The molecule has 10 heteroatoms. The van der Waals surface area contributed by atoms with Crippen LogP contribution in [0.3, 0.4) is 0 Å². The first-order chi connectivity index (χ1) is 17.6. The van der Waals surface area contributed by atoms with E-state index in [4.69, 9.17) is 11.6 Å². The van der Waals surface area contributed by atoms with Crippen LogP contribution in [0.25, 0.3) is 0 Å². The fraction of sp³-hybridized carbons (Fsp3) is 0.259. The van der Waals surface area contributed by atoms with E-state index in [-0.39, 0.29) is 23.0 Å². The van der Waals surface area contributed by atoms with E-state index in [2.05, 4.69) is 5.32 Å². The number of hydrogen-bond acceptors (Lipinski definition) is 4. The Bertz CT molecular complexity index is 1300. The summed E-state index contributed by atoms with van der Waals surface area (Å²) in [4.78, 5) is 27.7. The average Bonchev–Trinajstić information content (AvgIpc) is 2.90. The van der Waals surface area contributed by atoms with Crippen molar-refractivity contribution >= 4 is 39.1 Å². The summed E-state index contributed by atoms with van der Waals surface area (Å²) in [5, 5.41) is 3.15. The first kappa shape index (κ1) is 28.1. The Morgan fingerprint density at radius 3 is 2.19 bits per heavy atom. The van der Waals surface area contributed by atoms with Gasteiger partial charge < -0.3 is 10.2 Å². The molecule has 0 aliphatic carbocycles. The molecule has 0 fully saturated rings. The summed E-state index contributed by atoms with van der Waals surface area (Å²) >= 11 is 5.94. The van der Waals surface area contributed by atoms with Gasteiger partial charge in [-0.25, -0.2) is 12.8 Å². The van der Waals surface area contributed by atoms with Crippen molar-refractivity contribution in [2.75, 3.05) is 17.4 Å². The van der Waals surface area contributed by atoms with Crippen molar-refractivity contribution in [3.63, 3.8) is 0 Å². The number of hydrogen-bond donors (Lipinski definition) is 1. The molecular formula is C27H29ClFN3O4S. The summed E-state index contributed by atoms with van der Waals surface area (Å²) < 4.78 is 41.7. The topological polar surface area (TPSA) is 86.8 Å². The number of nitrogens with zero attached hydrogens (tertiary/aromatic N) is 2. The molecule has 0 aliphatic rings. The van der Waals surface area contributed by atoms with Gasteiger partial charge in [0, 0.05) is 18.1 Å². The number of amides is 2. The van der Waals surface area contributed by atoms with Gasteiger partial charge in [-0.3, -0.25) is 13.9 Å². The lowest BCUT2D eigenvalue weighted by atomic mass is 10.1. The smallest absolute Gasteiger partial charge is 0.264 e. The molecule has 0 aromatic heterocycles. The Balaban J connectivity index is 1.98. The Morgan fingerprint density at radius 1 is 0.973 bits per heavy atom. The highest BCUT2D eigenvalue weighted by Crippen LogP contribution is 2.25. The molecule has 0 radical (unpaired) electrons. The molecule has 3 aromatic carbocycles. The van der Waals surface area contributed by atoms with Crippen LogP contribution in [-0.4, -0.2) is 44.3 Å². The third-order valence-corrected chi connectivity index (χ3v) is 7.75. The number of benzene rings is 3. The zero-order chi connectivity index (χ0) is 27.0. The van der Waals surface area contributed by atoms with Crippen LogP contribution >= 0.6 is 11.6 Å². The number of carbonyl (C=O) groups excluding carboxylic acids is 2. The Morgan fingerprint density at radius 2 is 1.59 bits per heavy atom. The highest BCUT2D eigenvalue weighted by molar-refractivity contribution is 7.92. The number of sulfonamides is 1. The zero-order valence-corrected chi connectivity index (χ0v) is 22.2. The van der Waals surface area contributed by atoms with Gasteiger partial charge in [0.15, 0.2) is 0 Å². The van der Waals surface area contributed by atoms with E-state index in [1.165, 1.54) is 53.4 Å². The summed E-state index contributed by atoms with van der Waals surface area (Å²) in [6.07, 6.45) is 0.714. The highest BCUT2D eigenvalue weighted by atomic mass is 35.5. The Labute approximate surface area is 221 Å². The van der Waals surface area contributed by atoms with Crippen molar-refractivity contribution in [3.8, 4) is 0 Å². The fourth-order valence-electron chi connectivity index (χ4n) is 3.62. The molecule has 0 saturated carbocycles. The zero-order valence-electron chi connectivity index (χ0n) is 20.6. The van der Waals surface area contributed by atoms with Gasteiger partial charge in [-0.1, -0.05) is 48.9 Å². The van der Waals surface area contributed by atoms with Crippen LogP contribution in [0, 0.1) is 5.82 Å². The van der Waals surface area contributed by atoms with E-state index in [9.17, 15) is 22.4 Å². The lowest BCUT2D eigenvalue weighted by Crippen LogP contribution is -2.51. The van der Waals surface area contributed by atoms with Crippen molar-refractivity contribution in [2.45, 2.75) is 37.8 Å². The van der Waals surface area contributed by atoms with E-state index in [1.54, 1.807) is 37.3 Å². The van der Waals surface area contributed by atoms with Crippen LogP contribution in [0.2, 0.25) is 5.02 Å². The van der Waals surface area contributed by atoms with Crippen molar-refractivity contribution in [1.82, 2.24) is 10.2 Å². The molecular weight excluding hydrogens is 517 g/mol. The van der Waals surface area contributed by atoms with E-state index in [0.29, 0.717) is 23.6 Å². The van der Waals surface area contributed by atoms with Crippen LogP contribution in [0.5, 0.6) is 0 Å². The molecule has 0 heterocycles. The van der Waals surface area contributed by atoms with E-state index in [1.807, 2.05) is 6.92 Å². The highest BCUT2D eigenvalue weighted by Gasteiger charge is 2.32. The predicted octanol–water partition coefficient (Wildman–Crippen LogP) is 4.62. The van der Waals surface area contributed by atoms with Gasteiger partial charge in [0.25, 0.3) is 10.0 Å². The number of anilines is 1. The van der Waals surface area contributed by atoms with Gasteiger partial charge in [-0.15, -0.1) is 0 Å². The molecule has 2 amide bonds. The second-order valence-corrected chi connectivity index (χ2v) is 10.7. The van der Waals surface area contributed by atoms with Gasteiger partial charge in [-0.05, 0) is 67.4 Å². The predicted molar refractivity (Wildman–Crippen MR) is 142 cm³/mol. The molecule has 0 spiro atoms. The minimum absolute atomic E-state index is 0.0105. The van der Waals surface area contributed by atoms with Crippen LogP contribution < -0.4 is 9.62 Å². The van der Waals surface area contributed by atoms with E-state index < -0.39 is 34.3 Å². The first-order valence-electron chi connectivity index (χ1n) is 11.8.